The van der Waals surface area contributed by atoms with Crippen LogP contribution in [0.5, 0.6) is 0 Å². The van der Waals surface area contributed by atoms with E-state index in [0.29, 0.717) is 21.4 Å². The summed E-state index contributed by atoms with van der Waals surface area (Å²) < 4.78 is 1.47. The Kier molecular flexibility index (Phi) is 4.96. The van der Waals surface area contributed by atoms with Crippen molar-refractivity contribution in [2.75, 3.05) is 4.90 Å². The summed E-state index contributed by atoms with van der Waals surface area (Å²) in [5.74, 6) is 0. The lowest BCUT2D eigenvalue weighted by atomic mass is 10.2. The minimum absolute atomic E-state index is 0.483. The third-order valence-electron chi connectivity index (χ3n) is 2.54. The summed E-state index contributed by atoms with van der Waals surface area (Å²) >= 11 is 18.7. The van der Waals surface area contributed by atoms with Gasteiger partial charge in [-0.15, -0.1) is 0 Å². The number of nitrogens with two attached hydrogens (primary N) is 1. The number of carbonyl (C=O) groups is 1. The van der Waals surface area contributed by atoms with Gasteiger partial charge in [-0.25, -0.2) is 4.79 Å². The second-order valence-electron chi connectivity index (χ2n) is 3.87. The summed E-state index contributed by atoms with van der Waals surface area (Å²) in [5, 5.41) is 0.967. The topological polar surface area (TPSA) is 46.3 Å². The van der Waals surface area contributed by atoms with Crippen LogP contribution in [-0.4, -0.2) is 6.03 Å². The van der Waals surface area contributed by atoms with Gasteiger partial charge in [0.1, 0.15) is 0 Å². The molecule has 0 bridgehead atoms. The maximum Gasteiger partial charge on any atom is 0.323 e. The Morgan fingerprint density at radius 1 is 0.950 bits per heavy atom. The zero-order chi connectivity index (χ0) is 14.9. The van der Waals surface area contributed by atoms with Crippen molar-refractivity contribution in [2.24, 2.45) is 5.73 Å². The molecule has 2 amide bonds. The molecule has 0 unspecified atom stereocenters. The van der Waals surface area contributed by atoms with Gasteiger partial charge in [-0.05, 0) is 68.3 Å². The monoisotopic (exact) mass is 436 g/mol. The molecule has 2 rings (SSSR count). The molecule has 2 aromatic rings. The molecule has 2 N–H and O–H groups in total. The standard InChI is InChI=1S/C13H8Br2Cl2N2O/c14-9-3-1-7(5-11(9)16)19(13(18)20)8-2-4-10(15)12(17)6-8/h1-6H,(H2,18,20). The van der Waals surface area contributed by atoms with Gasteiger partial charge in [-0.3, -0.25) is 4.90 Å². The second kappa shape index (κ2) is 6.35. The van der Waals surface area contributed by atoms with E-state index >= 15 is 0 Å². The van der Waals surface area contributed by atoms with Gasteiger partial charge in [0.2, 0.25) is 0 Å². The number of urea groups is 1. The number of rotatable bonds is 2. The molecular formula is C13H8Br2Cl2N2O. The Balaban J connectivity index is 2.53. The predicted molar refractivity (Wildman–Crippen MR) is 90.0 cm³/mol. The van der Waals surface area contributed by atoms with Crippen molar-refractivity contribution < 1.29 is 4.79 Å². The summed E-state index contributed by atoms with van der Waals surface area (Å²) in [6, 6.07) is 9.62. The quantitative estimate of drug-likeness (QED) is 0.639. The van der Waals surface area contributed by atoms with Crippen molar-refractivity contribution in [3.8, 4) is 0 Å². The van der Waals surface area contributed by atoms with E-state index in [1.165, 1.54) is 4.90 Å². The average molecular weight is 439 g/mol. The summed E-state index contributed by atoms with van der Waals surface area (Å²) in [7, 11) is 0. The molecule has 0 aromatic heterocycles. The highest BCUT2D eigenvalue weighted by atomic mass is 79.9. The minimum Gasteiger partial charge on any atom is -0.351 e. The van der Waals surface area contributed by atoms with Crippen LogP contribution in [0.2, 0.25) is 10.0 Å². The van der Waals surface area contributed by atoms with Crippen LogP contribution in [0.15, 0.2) is 45.3 Å². The maximum absolute atomic E-state index is 11.7. The summed E-state index contributed by atoms with van der Waals surface area (Å²) in [4.78, 5) is 13.1. The minimum atomic E-state index is -0.623. The lowest BCUT2D eigenvalue weighted by molar-refractivity contribution is 0.256. The summed E-state index contributed by atoms with van der Waals surface area (Å²) in [6.45, 7) is 0. The maximum atomic E-state index is 11.7. The number of amides is 2. The van der Waals surface area contributed by atoms with Crippen LogP contribution in [0, 0.1) is 0 Å². The van der Waals surface area contributed by atoms with Gasteiger partial charge in [-0.1, -0.05) is 23.2 Å². The van der Waals surface area contributed by atoms with Crippen molar-refractivity contribution in [2.45, 2.75) is 0 Å². The lowest BCUT2D eigenvalue weighted by Crippen LogP contribution is -2.31. The molecule has 0 saturated carbocycles. The summed E-state index contributed by atoms with van der Waals surface area (Å²) in [5.41, 5.74) is 6.57. The van der Waals surface area contributed by atoms with Gasteiger partial charge in [0.05, 0.1) is 21.4 Å². The van der Waals surface area contributed by atoms with E-state index in [4.69, 9.17) is 28.9 Å². The molecule has 7 heteroatoms. The molecule has 0 radical (unpaired) electrons. The predicted octanol–water partition coefficient (Wildman–Crippen LogP) is 5.74. The van der Waals surface area contributed by atoms with E-state index in [9.17, 15) is 4.79 Å². The molecule has 3 nitrogen and oxygen atoms in total. The molecule has 0 saturated heterocycles. The molecular weight excluding hydrogens is 431 g/mol. The zero-order valence-electron chi connectivity index (χ0n) is 9.91. The van der Waals surface area contributed by atoms with Gasteiger partial charge < -0.3 is 5.73 Å². The van der Waals surface area contributed by atoms with E-state index in [1.54, 1.807) is 36.4 Å². The first-order chi connectivity index (χ1) is 9.40. The number of nitrogens with zero attached hydrogens (tertiary/aromatic N) is 1. The van der Waals surface area contributed by atoms with Crippen molar-refractivity contribution in [1.82, 2.24) is 0 Å². The highest BCUT2D eigenvalue weighted by molar-refractivity contribution is 9.10. The van der Waals surface area contributed by atoms with Crippen LogP contribution in [-0.2, 0) is 0 Å². The normalized spacial score (nSPS) is 10.4. The molecule has 0 aliphatic rings. The van der Waals surface area contributed by atoms with Gasteiger partial charge >= 0.3 is 6.03 Å². The zero-order valence-corrected chi connectivity index (χ0v) is 14.6. The van der Waals surface area contributed by atoms with E-state index in [0.717, 1.165) is 8.95 Å². The van der Waals surface area contributed by atoms with Crippen LogP contribution in [0.3, 0.4) is 0 Å². The number of primary amides is 1. The summed E-state index contributed by atoms with van der Waals surface area (Å²) in [6.07, 6.45) is 0. The lowest BCUT2D eigenvalue weighted by Gasteiger charge is -2.21. The highest BCUT2D eigenvalue weighted by Crippen LogP contribution is 2.34. The molecule has 0 aliphatic carbocycles. The number of hydrogen-bond donors (Lipinski definition) is 1. The van der Waals surface area contributed by atoms with Crippen molar-refractivity contribution in [3.05, 3.63) is 55.4 Å². The molecule has 0 heterocycles. The molecule has 20 heavy (non-hydrogen) atoms. The molecule has 0 atom stereocenters. The number of hydrogen-bond acceptors (Lipinski definition) is 1. The van der Waals surface area contributed by atoms with Crippen molar-refractivity contribution in [1.29, 1.82) is 0 Å². The third-order valence-corrected chi connectivity index (χ3v) is 5.01. The average Bonchev–Trinajstić information content (AvgIpc) is 2.38. The van der Waals surface area contributed by atoms with Gasteiger partial charge in [0, 0.05) is 8.95 Å². The molecule has 2 aromatic carbocycles. The Morgan fingerprint density at radius 2 is 1.35 bits per heavy atom. The van der Waals surface area contributed by atoms with Crippen LogP contribution in [0.1, 0.15) is 0 Å². The fraction of sp³-hybridized carbons (Fsp3) is 0. The van der Waals surface area contributed by atoms with Gasteiger partial charge in [-0.2, -0.15) is 0 Å². The highest BCUT2D eigenvalue weighted by Gasteiger charge is 2.17. The van der Waals surface area contributed by atoms with Crippen molar-refractivity contribution in [3.63, 3.8) is 0 Å². The molecule has 0 spiro atoms. The fourth-order valence-electron chi connectivity index (χ4n) is 1.65. The smallest absolute Gasteiger partial charge is 0.323 e. The first-order valence-corrected chi connectivity index (χ1v) is 7.74. The van der Waals surface area contributed by atoms with Crippen LogP contribution in [0.25, 0.3) is 0 Å². The van der Waals surface area contributed by atoms with Gasteiger partial charge in [0.15, 0.2) is 0 Å². The van der Waals surface area contributed by atoms with E-state index < -0.39 is 6.03 Å². The number of anilines is 2. The van der Waals surface area contributed by atoms with Gasteiger partial charge in [0.25, 0.3) is 0 Å². The van der Waals surface area contributed by atoms with Crippen molar-refractivity contribution >= 4 is 72.5 Å². The van der Waals surface area contributed by atoms with Crippen LogP contribution >= 0.6 is 55.1 Å². The fourth-order valence-corrected chi connectivity index (χ4v) is 2.49. The second-order valence-corrected chi connectivity index (χ2v) is 6.39. The number of halogens is 4. The largest absolute Gasteiger partial charge is 0.351 e. The van der Waals surface area contributed by atoms with E-state index in [1.807, 2.05) is 0 Å². The molecule has 104 valence electrons. The van der Waals surface area contributed by atoms with E-state index in [-0.39, 0.29) is 0 Å². The Hall–Kier alpha value is -0.750. The van der Waals surface area contributed by atoms with Crippen LogP contribution < -0.4 is 10.6 Å². The van der Waals surface area contributed by atoms with E-state index in [2.05, 4.69) is 31.9 Å². The first-order valence-electron chi connectivity index (χ1n) is 5.40. The Bertz CT molecular complexity index is 628. The number of benzene rings is 2. The SMILES string of the molecule is NC(=O)N(c1ccc(Br)c(Cl)c1)c1ccc(Br)c(Cl)c1. The first kappa shape index (κ1) is 15.6. The Morgan fingerprint density at radius 3 is 1.65 bits per heavy atom. The molecule has 0 aliphatic heterocycles. The number of carbonyl (C=O) groups excluding carboxylic acids is 1. The third kappa shape index (κ3) is 3.28. The molecule has 0 fully saturated rings. The Labute approximate surface area is 142 Å². The van der Waals surface area contributed by atoms with Crippen LogP contribution in [0.4, 0.5) is 16.2 Å².